The predicted octanol–water partition coefficient (Wildman–Crippen LogP) is 3.08. The molecule has 2 aromatic rings. The van der Waals surface area contributed by atoms with Gasteiger partial charge < -0.3 is 10.6 Å². The van der Waals surface area contributed by atoms with Gasteiger partial charge in [0.2, 0.25) is 5.91 Å². The Hall–Kier alpha value is -2.13. The average molecular weight is 427 g/mol. The second-order valence-corrected chi connectivity index (χ2v) is 8.37. The first-order valence-corrected chi connectivity index (χ1v) is 10.1. The van der Waals surface area contributed by atoms with Gasteiger partial charge in [0.15, 0.2) is 0 Å². The molecule has 1 amide bonds. The summed E-state index contributed by atoms with van der Waals surface area (Å²) in [5, 5.41) is 6.43. The van der Waals surface area contributed by atoms with Crippen molar-refractivity contribution in [3.63, 3.8) is 0 Å². The van der Waals surface area contributed by atoms with Gasteiger partial charge in [0, 0.05) is 5.69 Å². The summed E-state index contributed by atoms with van der Waals surface area (Å²) in [6, 6.07) is 11.3. The highest BCUT2D eigenvalue weighted by Gasteiger charge is 2.25. The molecule has 0 radical (unpaired) electrons. The fraction of sp³-hybridized carbons (Fsp3) is 0.176. The van der Waals surface area contributed by atoms with Gasteiger partial charge in [-0.25, -0.2) is 0 Å². The molecule has 0 bridgehead atoms. The maximum Gasteiger partial charge on any atom is 0.286 e. The average Bonchev–Trinajstić information content (AvgIpc) is 2.57. The predicted molar refractivity (Wildman–Crippen MR) is 107 cm³/mol. The molecule has 2 N–H and O–H groups in total. The molecule has 10 heteroatoms. The molecule has 1 aliphatic heterocycles. The third-order valence-corrected chi connectivity index (χ3v) is 5.82. The van der Waals surface area contributed by atoms with Gasteiger partial charge >= 0.3 is 0 Å². The summed E-state index contributed by atoms with van der Waals surface area (Å²) in [7, 11) is -2.07. The highest BCUT2D eigenvalue weighted by atomic mass is 35.5. The van der Waals surface area contributed by atoms with Crippen LogP contribution in [0.1, 0.15) is 0 Å². The fourth-order valence-electron chi connectivity index (χ4n) is 2.57. The van der Waals surface area contributed by atoms with Crippen molar-refractivity contribution in [1.82, 2.24) is 4.90 Å². The van der Waals surface area contributed by atoms with Crippen molar-refractivity contribution in [2.75, 3.05) is 30.8 Å². The van der Waals surface area contributed by atoms with Crippen molar-refractivity contribution in [2.45, 2.75) is 4.90 Å². The lowest BCUT2D eigenvalue weighted by molar-refractivity contribution is -0.116. The Morgan fingerprint density at radius 3 is 2.67 bits per heavy atom. The molecule has 0 saturated carbocycles. The number of nitrogens with zero attached hydrogens (tertiary/aromatic N) is 2. The number of para-hydroxylation sites is 1. The van der Waals surface area contributed by atoms with Crippen molar-refractivity contribution in [3.05, 3.63) is 52.5 Å². The Balaban J connectivity index is 1.62. The smallest absolute Gasteiger partial charge is 0.286 e. The van der Waals surface area contributed by atoms with Crippen LogP contribution in [-0.2, 0) is 14.8 Å². The van der Waals surface area contributed by atoms with E-state index < -0.39 is 10.0 Å². The summed E-state index contributed by atoms with van der Waals surface area (Å²) in [6.45, 7) is 0.186. The summed E-state index contributed by atoms with van der Waals surface area (Å²) in [5.41, 5.74) is 0.989. The van der Waals surface area contributed by atoms with E-state index in [9.17, 15) is 13.2 Å². The van der Waals surface area contributed by atoms with E-state index >= 15 is 0 Å². The molecule has 0 aliphatic carbocycles. The van der Waals surface area contributed by atoms with E-state index in [4.69, 9.17) is 23.2 Å². The van der Waals surface area contributed by atoms with Crippen LogP contribution in [0, 0.1) is 0 Å². The molecule has 1 aliphatic rings. The van der Waals surface area contributed by atoms with Gasteiger partial charge in [-0.1, -0.05) is 35.3 Å². The maximum atomic E-state index is 12.2. The van der Waals surface area contributed by atoms with Gasteiger partial charge in [0.1, 0.15) is 10.7 Å². The van der Waals surface area contributed by atoms with E-state index in [1.165, 1.54) is 6.07 Å². The summed E-state index contributed by atoms with van der Waals surface area (Å²) in [4.78, 5) is 14.0. The number of likely N-dealkylation sites (N-methyl/N-ethyl adjacent to an activating group) is 1. The molecule has 0 unspecified atom stereocenters. The summed E-state index contributed by atoms with van der Waals surface area (Å²) < 4.78 is 28.3. The van der Waals surface area contributed by atoms with Crippen LogP contribution in [-0.4, -0.2) is 45.2 Å². The van der Waals surface area contributed by atoms with E-state index in [0.29, 0.717) is 21.4 Å². The minimum atomic E-state index is -3.75. The normalized spacial score (nSPS) is 14.9. The number of carbonyl (C=O) groups excluding carboxylic acids is 1. The lowest BCUT2D eigenvalue weighted by atomic mass is 10.3. The number of sulfonamides is 1. The van der Waals surface area contributed by atoms with Gasteiger partial charge in [0.05, 0.1) is 28.8 Å². The van der Waals surface area contributed by atoms with Crippen molar-refractivity contribution < 1.29 is 13.2 Å². The van der Waals surface area contributed by atoms with Gasteiger partial charge in [-0.3, -0.25) is 9.69 Å². The molecule has 3 rings (SSSR count). The Morgan fingerprint density at radius 2 is 1.93 bits per heavy atom. The number of anilines is 2. The molecule has 142 valence electrons. The zero-order valence-electron chi connectivity index (χ0n) is 14.2. The summed E-state index contributed by atoms with van der Waals surface area (Å²) >= 11 is 11.8. The third-order valence-electron chi connectivity index (χ3n) is 3.71. The first-order chi connectivity index (χ1) is 12.7. The Kier molecular flexibility index (Phi) is 5.71. The molecule has 0 atom stereocenters. The van der Waals surface area contributed by atoms with Crippen LogP contribution >= 0.6 is 23.2 Å². The largest absolute Gasteiger partial charge is 0.341 e. The number of rotatable bonds is 5. The number of carbonyl (C=O) groups is 1. The van der Waals surface area contributed by atoms with Gasteiger partial charge in [0.25, 0.3) is 10.0 Å². The number of benzene rings is 2. The van der Waals surface area contributed by atoms with Crippen LogP contribution < -0.4 is 10.6 Å². The summed E-state index contributed by atoms with van der Waals surface area (Å²) in [5.74, 6) is -0.0332. The van der Waals surface area contributed by atoms with Gasteiger partial charge in [-0.05, 0) is 37.4 Å². The number of fused-ring (bicyclic) bond motifs is 1. The molecule has 0 aromatic heterocycles. The van der Waals surface area contributed by atoms with Gasteiger partial charge in [-0.2, -0.15) is 8.42 Å². The van der Waals surface area contributed by atoms with Crippen LogP contribution in [0.15, 0.2) is 51.8 Å². The van der Waals surface area contributed by atoms with Crippen molar-refractivity contribution in [3.8, 4) is 0 Å². The van der Waals surface area contributed by atoms with E-state index in [0.717, 1.165) is 0 Å². The molecule has 0 fully saturated rings. The molecule has 0 saturated heterocycles. The maximum absolute atomic E-state index is 12.2. The lowest BCUT2D eigenvalue weighted by Crippen LogP contribution is -2.37. The van der Waals surface area contributed by atoms with Crippen molar-refractivity contribution in [2.24, 2.45) is 4.40 Å². The number of hydrogen-bond acceptors (Lipinski definition) is 5. The molecule has 2 aromatic carbocycles. The van der Waals surface area contributed by atoms with Crippen LogP contribution in [0.3, 0.4) is 0 Å². The SMILES string of the molecule is CN(CC(=O)Nc1ccc(Cl)c(Cl)c1)CC1=NS(=O)(=O)c2ccccc2N1. The first-order valence-electron chi connectivity index (χ1n) is 7.88. The molecule has 27 heavy (non-hydrogen) atoms. The third kappa shape index (κ3) is 4.78. The van der Waals surface area contributed by atoms with Crippen LogP contribution in [0.5, 0.6) is 0 Å². The topological polar surface area (TPSA) is 90.9 Å². The molecule has 1 heterocycles. The molecule has 0 spiro atoms. The quantitative estimate of drug-likeness (QED) is 0.766. The first kappa shape index (κ1) is 19.6. The molecule has 7 nitrogen and oxygen atoms in total. The monoisotopic (exact) mass is 426 g/mol. The number of halogens is 2. The van der Waals surface area contributed by atoms with Crippen LogP contribution in [0.2, 0.25) is 10.0 Å². The van der Waals surface area contributed by atoms with Gasteiger partial charge in [-0.15, -0.1) is 4.40 Å². The van der Waals surface area contributed by atoms with E-state index in [1.807, 2.05) is 0 Å². The van der Waals surface area contributed by atoms with Crippen molar-refractivity contribution >= 4 is 56.3 Å². The minimum absolute atomic E-state index is 0.0304. The van der Waals surface area contributed by atoms with Crippen LogP contribution in [0.4, 0.5) is 11.4 Å². The Bertz CT molecular complexity index is 1020. The zero-order chi connectivity index (χ0) is 19.6. The fourth-order valence-corrected chi connectivity index (χ4v) is 4.00. The van der Waals surface area contributed by atoms with E-state index in [2.05, 4.69) is 15.0 Å². The summed E-state index contributed by atoms with van der Waals surface area (Å²) in [6.07, 6.45) is 0. The molecular weight excluding hydrogens is 411 g/mol. The zero-order valence-corrected chi connectivity index (χ0v) is 16.6. The number of hydrogen-bond donors (Lipinski definition) is 2. The van der Waals surface area contributed by atoms with Crippen LogP contribution in [0.25, 0.3) is 0 Å². The number of amides is 1. The Morgan fingerprint density at radius 1 is 1.19 bits per heavy atom. The molecular formula is C17H16Cl2N4O3S. The standard InChI is InChI=1S/C17H16Cl2N4O3S/c1-23(10-17(24)20-11-6-7-12(18)13(19)8-11)9-16-21-14-4-2-3-5-15(14)27(25,26)22-16/h2-8H,9-10H2,1H3,(H,20,24)(H,21,22). The second-order valence-electron chi connectivity index (χ2n) is 5.98. The highest BCUT2D eigenvalue weighted by molar-refractivity contribution is 7.90. The Labute approximate surface area is 167 Å². The lowest BCUT2D eigenvalue weighted by Gasteiger charge is -2.22. The van der Waals surface area contributed by atoms with E-state index in [-0.39, 0.29) is 29.7 Å². The number of nitrogens with one attached hydrogen (secondary N) is 2. The minimum Gasteiger partial charge on any atom is -0.341 e. The van der Waals surface area contributed by atoms with E-state index in [1.54, 1.807) is 48.3 Å². The van der Waals surface area contributed by atoms with Crippen molar-refractivity contribution in [1.29, 1.82) is 0 Å². The number of amidine groups is 1. The highest BCUT2D eigenvalue weighted by Crippen LogP contribution is 2.27. The second kappa shape index (κ2) is 7.85.